The fourth-order valence-corrected chi connectivity index (χ4v) is 1.03. The van der Waals surface area contributed by atoms with Crippen LogP contribution in [-0.4, -0.2) is 16.3 Å². The zero-order valence-electron chi connectivity index (χ0n) is 7.12. The Balaban J connectivity index is 2.80. The zero-order valence-corrected chi connectivity index (χ0v) is 7.12. The summed E-state index contributed by atoms with van der Waals surface area (Å²) >= 11 is 0. The average Bonchev–Trinajstić information content (AvgIpc) is 2.01. The lowest BCUT2D eigenvalue weighted by molar-refractivity contribution is -0.154. The van der Waals surface area contributed by atoms with E-state index in [9.17, 15) is 18.3 Å². The second-order valence-electron chi connectivity index (χ2n) is 2.84. The summed E-state index contributed by atoms with van der Waals surface area (Å²) in [7, 11) is 0. The van der Waals surface area contributed by atoms with E-state index in [2.05, 4.69) is 4.98 Å². The van der Waals surface area contributed by atoms with Gasteiger partial charge in [-0.1, -0.05) is 0 Å². The number of hydrogen-bond acceptors (Lipinski definition) is 3. The zero-order chi connectivity index (χ0) is 10.8. The van der Waals surface area contributed by atoms with E-state index in [4.69, 9.17) is 5.73 Å². The van der Waals surface area contributed by atoms with Crippen molar-refractivity contribution in [2.24, 2.45) is 0 Å². The molecule has 1 aromatic rings. The van der Waals surface area contributed by atoms with Gasteiger partial charge in [-0.15, -0.1) is 0 Å². The molecule has 0 amide bonds. The number of aliphatic hydroxyl groups excluding tert-OH is 1. The Morgan fingerprint density at radius 3 is 2.64 bits per heavy atom. The summed E-state index contributed by atoms with van der Waals surface area (Å²) in [5.74, 6) is 0. The molecular weight excluding hydrogens is 197 g/mol. The standard InChI is InChI=1S/C8H9F3N2O/c9-8(10,11)3-7(14)5-4-13-2-1-6(5)12/h1-2,4,7,14H,3H2,(H2,12,13). The summed E-state index contributed by atoms with van der Waals surface area (Å²) in [5.41, 5.74) is 5.49. The molecule has 14 heavy (non-hydrogen) atoms. The van der Waals surface area contributed by atoms with Crippen molar-refractivity contribution in [3.05, 3.63) is 24.0 Å². The van der Waals surface area contributed by atoms with Gasteiger partial charge in [0.1, 0.15) is 0 Å². The van der Waals surface area contributed by atoms with Crippen molar-refractivity contribution in [3.8, 4) is 0 Å². The quantitative estimate of drug-likeness (QED) is 0.773. The molecule has 0 radical (unpaired) electrons. The monoisotopic (exact) mass is 206 g/mol. The van der Waals surface area contributed by atoms with Crippen LogP contribution in [0, 0.1) is 0 Å². The molecule has 0 aliphatic heterocycles. The molecule has 1 unspecified atom stereocenters. The number of rotatable bonds is 2. The number of nitrogen functional groups attached to an aromatic ring is 1. The van der Waals surface area contributed by atoms with Crippen molar-refractivity contribution in [2.45, 2.75) is 18.7 Å². The third-order valence-electron chi connectivity index (χ3n) is 1.67. The van der Waals surface area contributed by atoms with Crippen LogP contribution < -0.4 is 5.73 Å². The van der Waals surface area contributed by atoms with E-state index in [1.807, 2.05) is 0 Å². The van der Waals surface area contributed by atoms with Crippen molar-refractivity contribution in [1.82, 2.24) is 4.98 Å². The number of pyridine rings is 1. The maximum absolute atomic E-state index is 11.9. The molecule has 0 fully saturated rings. The first-order valence-corrected chi connectivity index (χ1v) is 3.84. The van der Waals surface area contributed by atoms with Gasteiger partial charge in [0, 0.05) is 23.6 Å². The number of aliphatic hydroxyl groups is 1. The molecule has 0 aliphatic carbocycles. The topological polar surface area (TPSA) is 59.1 Å². The van der Waals surface area contributed by atoms with Gasteiger partial charge >= 0.3 is 6.18 Å². The van der Waals surface area contributed by atoms with Crippen LogP contribution in [0.25, 0.3) is 0 Å². The molecule has 3 N–H and O–H groups in total. The average molecular weight is 206 g/mol. The molecular formula is C8H9F3N2O. The van der Waals surface area contributed by atoms with Gasteiger partial charge in [0.25, 0.3) is 0 Å². The molecule has 6 heteroatoms. The predicted molar refractivity (Wildman–Crippen MR) is 44.3 cm³/mol. The van der Waals surface area contributed by atoms with Crippen LogP contribution in [0.3, 0.4) is 0 Å². The Kier molecular flexibility index (Phi) is 2.95. The van der Waals surface area contributed by atoms with Crippen molar-refractivity contribution < 1.29 is 18.3 Å². The second kappa shape index (κ2) is 3.83. The number of halogens is 3. The van der Waals surface area contributed by atoms with Crippen LogP contribution in [0.2, 0.25) is 0 Å². The van der Waals surface area contributed by atoms with Gasteiger partial charge in [-0.2, -0.15) is 13.2 Å². The number of anilines is 1. The van der Waals surface area contributed by atoms with E-state index in [1.165, 1.54) is 12.3 Å². The van der Waals surface area contributed by atoms with E-state index in [0.29, 0.717) is 0 Å². The minimum Gasteiger partial charge on any atom is -0.398 e. The Morgan fingerprint density at radius 2 is 2.14 bits per heavy atom. The Hall–Kier alpha value is -1.30. The van der Waals surface area contributed by atoms with Crippen LogP contribution >= 0.6 is 0 Å². The lowest BCUT2D eigenvalue weighted by atomic mass is 10.1. The normalized spacial score (nSPS) is 14.0. The van der Waals surface area contributed by atoms with Crippen molar-refractivity contribution >= 4 is 5.69 Å². The third-order valence-corrected chi connectivity index (χ3v) is 1.67. The molecule has 1 atom stereocenters. The SMILES string of the molecule is Nc1ccncc1C(O)CC(F)(F)F. The van der Waals surface area contributed by atoms with Crippen LogP contribution in [0.4, 0.5) is 18.9 Å². The van der Waals surface area contributed by atoms with Crippen molar-refractivity contribution in [2.75, 3.05) is 5.73 Å². The molecule has 0 bridgehead atoms. The van der Waals surface area contributed by atoms with Crippen LogP contribution in [-0.2, 0) is 0 Å². The van der Waals surface area contributed by atoms with Gasteiger partial charge in [0.05, 0.1) is 12.5 Å². The smallest absolute Gasteiger partial charge is 0.391 e. The van der Waals surface area contributed by atoms with E-state index in [0.717, 1.165) is 6.20 Å². The van der Waals surface area contributed by atoms with Gasteiger partial charge in [0.15, 0.2) is 0 Å². The maximum atomic E-state index is 11.9. The lowest BCUT2D eigenvalue weighted by Crippen LogP contribution is -2.14. The highest BCUT2D eigenvalue weighted by molar-refractivity contribution is 5.45. The molecule has 0 aromatic carbocycles. The van der Waals surface area contributed by atoms with Crippen LogP contribution in [0.5, 0.6) is 0 Å². The van der Waals surface area contributed by atoms with Gasteiger partial charge < -0.3 is 10.8 Å². The highest BCUT2D eigenvalue weighted by Gasteiger charge is 2.32. The maximum Gasteiger partial charge on any atom is 0.391 e. The molecule has 0 saturated carbocycles. The number of nitrogens with two attached hydrogens (primary N) is 1. The van der Waals surface area contributed by atoms with Gasteiger partial charge in [-0.3, -0.25) is 4.98 Å². The molecule has 1 aromatic heterocycles. The fourth-order valence-electron chi connectivity index (χ4n) is 1.03. The summed E-state index contributed by atoms with van der Waals surface area (Å²) < 4.78 is 35.7. The highest BCUT2D eigenvalue weighted by atomic mass is 19.4. The largest absolute Gasteiger partial charge is 0.398 e. The first-order valence-electron chi connectivity index (χ1n) is 3.84. The van der Waals surface area contributed by atoms with E-state index < -0.39 is 18.7 Å². The van der Waals surface area contributed by atoms with Crippen molar-refractivity contribution in [3.63, 3.8) is 0 Å². The summed E-state index contributed by atoms with van der Waals surface area (Å²) in [6.45, 7) is 0. The number of nitrogens with zero attached hydrogens (tertiary/aromatic N) is 1. The predicted octanol–water partition coefficient (Wildman–Crippen LogP) is 1.65. The lowest BCUT2D eigenvalue weighted by Gasteiger charge is -2.14. The molecule has 78 valence electrons. The first kappa shape index (κ1) is 10.8. The molecule has 3 nitrogen and oxygen atoms in total. The number of alkyl halides is 3. The van der Waals surface area contributed by atoms with Crippen molar-refractivity contribution in [1.29, 1.82) is 0 Å². The molecule has 0 saturated heterocycles. The third kappa shape index (κ3) is 2.88. The fraction of sp³-hybridized carbons (Fsp3) is 0.375. The Morgan fingerprint density at radius 1 is 1.50 bits per heavy atom. The number of aromatic nitrogens is 1. The molecule has 0 spiro atoms. The summed E-state index contributed by atoms with van der Waals surface area (Å²) in [6.07, 6.45) is -4.90. The summed E-state index contributed by atoms with van der Waals surface area (Å²) in [4.78, 5) is 3.59. The van der Waals surface area contributed by atoms with Crippen LogP contribution in [0.1, 0.15) is 18.1 Å². The Bertz CT molecular complexity index is 314. The van der Waals surface area contributed by atoms with Gasteiger partial charge in [0.2, 0.25) is 0 Å². The highest BCUT2D eigenvalue weighted by Crippen LogP contribution is 2.31. The van der Waals surface area contributed by atoms with E-state index in [-0.39, 0.29) is 11.3 Å². The molecule has 1 rings (SSSR count). The summed E-state index contributed by atoms with van der Waals surface area (Å²) in [6, 6.07) is 1.34. The summed E-state index contributed by atoms with van der Waals surface area (Å²) in [5, 5.41) is 9.20. The van der Waals surface area contributed by atoms with Gasteiger partial charge in [-0.25, -0.2) is 0 Å². The molecule has 0 aliphatic rings. The van der Waals surface area contributed by atoms with Gasteiger partial charge in [-0.05, 0) is 6.07 Å². The minimum absolute atomic E-state index is 0.00447. The molecule has 1 heterocycles. The van der Waals surface area contributed by atoms with E-state index >= 15 is 0 Å². The first-order chi connectivity index (χ1) is 6.40. The number of hydrogen-bond donors (Lipinski definition) is 2. The van der Waals surface area contributed by atoms with E-state index in [1.54, 1.807) is 0 Å². The van der Waals surface area contributed by atoms with Crippen LogP contribution in [0.15, 0.2) is 18.5 Å². The minimum atomic E-state index is -4.41. The Labute approximate surface area is 78.4 Å². The second-order valence-corrected chi connectivity index (χ2v) is 2.84.